The molecule has 0 atom stereocenters. The molecule has 2 aromatic rings. The van der Waals surface area contributed by atoms with Crippen molar-refractivity contribution in [3.05, 3.63) is 54.6 Å². The van der Waals surface area contributed by atoms with Gasteiger partial charge in [-0.3, -0.25) is 4.79 Å². The van der Waals surface area contributed by atoms with Gasteiger partial charge in [-0.15, -0.1) is 11.8 Å². The van der Waals surface area contributed by atoms with E-state index in [-0.39, 0.29) is 5.91 Å². The zero-order chi connectivity index (χ0) is 17.2. The molecule has 0 bridgehead atoms. The molecule has 5 heteroatoms. The van der Waals surface area contributed by atoms with Crippen LogP contribution >= 0.6 is 11.8 Å². The molecule has 2 rings (SSSR count). The second kappa shape index (κ2) is 9.88. The number of likely N-dealkylation sites (N-methyl/N-ethyl adjacent to an activating group) is 1. The Bertz CT molecular complexity index is 617. The minimum Gasteiger partial charge on any atom is -0.497 e. The van der Waals surface area contributed by atoms with E-state index in [0.717, 1.165) is 28.6 Å². The summed E-state index contributed by atoms with van der Waals surface area (Å²) in [6.07, 6.45) is 0.520. The molecule has 0 saturated heterocycles. The first-order chi connectivity index (χ1) is 11.7. The second-order valence-corrected chi connectivity index (χ2v) is 6.55. The maximum absolute atomic E-state index is 11.9. The summed E-state index contributed by atoms with van der Waals surface area (Å²) in [5, 5.41) is 2.97. The zero-order valence-electron chi connectivity index (χ0n) is 14.2. The number of rotatable bonds is 9. The highest BCUT2D eigenvalue weighted by Crippen LogP contribution is 2.21. The second-order valence-electron chi connectivity index (χ2n) is 5.38. The zero-order valence-corrected chi connectivity index (χ0v) is 15.0. The molecular weight excluding hydrogens is 320 g/mol. The Hall–Kier alpha value is -2.14. The number of thioether (sulfide) groups is 1. The summed E-state index contributed by atoms with van der Waals surface area (Å²) in [6.45, 7) is 1.44. The molecule has 0 radical (unpaired) electrons. The van der Waals surface area contributed by atoms with Crippen LogP contribution < -0.4 is 15.0 Å². The molecule has 0 aliphatic heterocycles. The van der Waals surface area contributed by atoms with E-state index in [0.29, 0.717) is 13.0 Å². The number of methoxy groups -OCH3 is 1. The van der Waals surface area contributed by atoms with E-state index < -0.39 is 0 Å². The fourth-order valence-electron chi connectivity index (χ4n) is 2.20. The van der Waals surface area contributed by atoms with Crippen LogP contribution in [0, 0.1) is 0 Å². The van der Waals surface area contributed by atoms with Crippen molar-refractivity contribution in [3.63, 3.8) is 0 Å². The number of hydrogen-bond acceptors (Lipinski definition) is 4. The molecule has 0 fully saturated rings. The van der Waals surface area contributed by atoms with Gasteiger partial charge in [0.2, 0.25) is 5.91 Å². The van der Waals surface area contributed by atoms with Crippen LogP contribution in [0.1, 0.15) is 6.42 Å². The lowest BCUT2D eigenvalue weighted by molar-refractivity contribution is -0.120. The van der Waals surface area contributed by atoms with Crippen LogP contribution in [-0.4, -0.2) is 38.9 Å². The van der Waals surface area contributed by atoms with Crippen molar-refractivity contribution in [1.82, 2.24) is 5.32 Å². The Balaban J connectivity index is 1.61. The van der Waals surface area contributed by atoms with Gasteiger partial charge >= 0.3 is 0 Å². The molecule has 128 valence electrons. The summed E-state index contributed by atoms with van der Waals surface area (Å²) >= 11 is 1.68. The van der Waals surface area contributed by atoms with E-state index in [1.54, 1.807) is 18.9 Å². The summed E-state index contributed by atoms with van der Waals surface area (Å²) in [7, 11) is 3.68. The molecule has 0 aliphatic carbocycles. The van der Waals surface area contributed by atoms with Crippen molar-refractivity contribution in [3.8, 4) is 5.75 Å². The van der Waals surface area contributed by atoms with E-state index in [4.69, 9.17) is 4.74 Å². The van der Waals surface area contributed by atoms with Gasteiger partial charge < -0.3 is 15.0 Å². The lowest BCUT2D eigenvalue weighted by Gasteiger charge is -2.19. The van der Waals surface area contributed by atoms with E-state index in [9.17, 15) is 4.79 Å². The summed E-state index contributed by atoms with van der Waals surface area (Å²) in [4.78, 5) is 15.2. The Morgan fingerprint density at radius 1 is 1.12 bits per heavy atom. The Labute approximate surface area is 148 Å². The third kappa shape index (κ3) is 6.16. The molecule has 0 heterocycles. The monoisotopic (exact) mass is 344 g/mol. The number of benzene rings is 2. The minimum atomic E-state index is 0.0949. The Morgan fingerprint density at radius 2 is 1.83 bits per heavy atom. The first-order valence-corrected chi connectivity index (χ1v) is 8.97. The molecule has 0 aromatic heterocycles. The van der Waals surface area contributed by atoms with Crippen molar-refractivity contribution < 1.29 is 9.53 Å². The summed E-state index contributed by atoms with van der Waals surface area (Å²) < 4.78 is 5.13. The number of nitrogens with one attached hydrogen (secondary N) is 1. The van der Waals surface area contributed by atoms with Crippen molar-refractivity contribution in [2.24, 2.45) is 0 Å². The highest BCUT2D eigenvalue weighted by atomic mass is 32.2. The first kappa shape index (κ1) is 18.2. The summed E-state index contributed by atoms with van der Waals surface area (Å²) in [5.74, 6) is 1.71. The fraction of sp³-hybridized carbons (Fsp3) is 0.316. The highest BCUT2D eigenvalue weighted by Gasteiger charge is 2.04. The normalized spacial score (nSPS) is 10.2. The number of hydrogen-bond donors (Lipinski definition) is 1. The molecule has 2 aromatic carbocycles. The van der Waals surface area contributed by atoms with E-state index in [1.165, 1.54) is 0 Å². The number of carbonyl (C=O) groups excluding carboxylic acids is 1. The summed E-state index contributed by atoms with van der Waals surface area (Å²) in [5.41, 5.74) is 1.15. The smallest absolute Gasteiger partial charge is 0.220 e. The Kier molecular flexibility index (Phi) is 7.49. The van der Waals surface area contributed by atoms with Gasteiger partial charge in [-0.2, -0.15) is 0 Å². The fourth-order valence-corrected chi connectivity index (χ4v) is 3.05. The number of ether oxygens (including phenoxy) is 1. The molecule has 0 spiro atoms. The van der Waals surface area contributed by atoms with Crippen molar-refractivity contribution in [1.29, 1.82) is 0 Å². The van der Waals surface area contributed by atoms with Crippen LogP contribution in [0.5, 0.6) is 5.75 Å². The van der Waals surface area contributed by atoms with E-state index >= 15 is 0 Å². The van der Waals surface area contributed by atoms with Crippen LogP contribution in [0.15, 0.2) is 59.5 Å². The SMILES string of the molecule is COc1ccc(SCCC(=O)NCCN(C)c2ccccc2)cc1. The number of nitrogens with zero attached hydrogens (tertiary/aromatic N) is 1. The van der Waals surface area contributed by atoms with Crippen LogP contribution in [0.2, 0.25) is 0 Å². The van der Waals surface area contributed by atoms with E-state index in [2.05, 4.69) is 22.3 Å². The predicted molar refractivity (Wildman–Crippen MR) is 101 cm³/mol. The largest absolute Gasteiger partial charge is 0.497 e. The van der Waals surface area contributed by atoms with Crippen molar-refractivity contribution in [2.45, 2.75) is 11.3 Å². The van der Waals surface area contributed by atoms with Crippen LogP contribution in [0.4, 0.5) is 5.69 Å². The van der Waals surface area contributed by atoms with Gasteiger partial charge in [0, 0.05) is 42.9 Å². The molecule has 1 amide bonds. The standard InChI is InChI=1S/C19H24N2O2S/c1-21(16-6-4-3-5-7-16)14-13-20-19(22)12-15-24-18-10-8-17(23-2)9-11-18/h3-11H,12-15H2,1-2H3,(H,20,22). The van der Waals surface area contributed by atoms with Gasteiger partial charge in [0.05, 0.1) is 7.11 Å². The molecule has 0 unspecified atom stereocenters. The number of carbonyl (C=O) groups is 1. The van der Waals surface area contributed by atoms with E-state index in [1.807, 2.05) is 49.5 Å². The quantitative estimate of drug-likeness (QED) is 0.708. The maximum atomic E-state index is 11.9. The molecule has 4 nitrogen and oxygen atoms in total. The lowest BCUT2D eigenvalue weighted by atomic mass is 10.3. The molecule has 0 aliphatic rings. The molecular formula is C19H24N2O2S. The predicted octanol–water partition coefficient (Wildman–Crippen LogP) is 3.43. The van der Waals surface area contributed by atoms with Gasteiger partial charge in [0.15, 0.2) is 0 Å². The van der Waals surface area contributed by atoms with Crippen molar-refractivity contribution in [2.75, 3.05) is 37.9 Å². The van der Waals surface area contributed by atoms with Gasteiger partial charge in [0.1, 0.15) is 5.75 Å². The maximum Gasteiger partial charge on any atom is 0.220 e. The first-order valence-electron chi connectivity index (χ1n) is 7.99. The van der Waals surface area contributed by atoms with Gasteiger partial charge in [-0.25, -0.2) is 0 Å². The molecule has 24 heavy (non-hydrogen) atoms. The van der Waals surface area contributed by atoms with Crippen LogP contribution in [0.3, 0.4) is 0 Å². The van der Waals surface area contributed by atoms with Crippen molar-refractivity contribution >= 4 is 23.4 Å². The highest BCUT2D eigenvalue weighted by molar-refractivity contribution is 7.99. The van der Waals surface area contributed by atoms with Crippen LogP contribution in [-0.2, 0) is 4.79 Å². The van der Waals surface area contributed by atoms with Gasteiger partial charge in [0.25, 0.3) is 0 Å². The molecule has 0 saturated carbocycles. The van der Waals surface area contributed by atoms with Gasteiger partial charge in [-0.05, 0) is 36.4 Å². The average Bonchev–Trinajstić information content (AvgIpc) is 2.63. The average molecular weight is 344 g/mol. The number of anilines is 1. The third-order valence-corrected chi connectivity index (χ3v) is 4.64. The third-order valence-electron chi connectivity index (χ3n) is 3.62. The number of amides is 1. The minimum absolute atomic E-state index is 0.0949. The Morgan fingerprint density at radius 3 is 2.50 bits per heavy atom. The molecule has 1 N–H and O–H groups in total. The van der Waals surface area contributed by atoms with Crippen LogP contribution in [0.25, 0.3) is 0 Å². The lowest BCUT2D eigenvalue weighted by Crippen LogP contribution is -2.33. The topological polar surface area (TPSA) is 41.6 Å². The number of para-hydroxylation sites is 1. The van der Waals surface area contributed by atoms with Gasteiger partial charge in [-0.1, -0.05) is 18.2 Å². The summed E-state index contributed by atoms with van der Waals surface area (Å²) in [6, 6.07) is 18.0.